The summed E-state index contributed by atoms with van der Waals surface area (Å²) >= 11 is 1.80. The summed E-state index contributed by atoms with van der Waals surface area (Å²) in [7, 11) is 0. The molecule has 0 N–H and O–H groups in total. The molecule has 36 heavy (non-hydrogen) atoms. The van der Waals surface area contributed by atoms with Crippen LogP contribution in [0.25, 0.3) is 0 Å². The first-order valence-electron chi connectivity index (χ1n) is 12.6. The second kappa shape index (κ2) is 10.5. The highest BCUT2D eigenvalue weighted by Crippen LogP contribution is 2.40. The molecule has 0 aliphatic carbocycles. The van der Waals surface area contributed by atoms with Crippen molar-refractivity contribution in [3.8, 4) is 0 Å². The lowest BCUT2D eigenvalue weighted by Gasteiger charge is -2.41. The first kappa shape index (κ1) is 24.7. The summed E-state index contributed by atoms with van der Waals surface area (Å²) in [4.78, 5) is 34.1. The summed E-state index contributed by atoms with van der Waals surface area (Å²) in [5.41, 5.74) is 4.14. The highest BCUT2D eigenvalue weighted by molar-refractivity contribution is 7.10. The summed E-state index contributed by atoms with van der Waals surface area (Å²) in [6.07, 6.45) is 1.65. The lowest BCUT2D eigenvalue weighted by atomic mass is 9.89. The fraction of sp³-hybridized carbons (Fsp3) is 0.379. The molecular formula is C29H32FN3O2S. The average Bonchev–Trinajstić information content (AvgIpc) is 3.23. The van der Waals surface area contributed by atoms with Crippen molar-refractivity contribution in [3.63, 3.8) is 0 Å². The van der Waals surface area contributed by atoms with Gasteiger partial charge in [0, 0.05) is 43.2 Å². The van der Waals surface area contributed by atoms with Gasteiger partial charge in [-0.3, -0.25) is 14.5 Å². The minimum absolute atomic E-state index is 0.0539. The number of rotatable bonds is 4. The second-order valence-corrected chi connectivity index (χ2v) is 10.7. The van der Waals surface area contributed by atoms with Crippen LogP contribution in [0.15, 0.2) is 60.0 Å². The third-order valence-corrected chi connectivity index (χ3v) is 8.50. The van der Waals surface area contributed by atoms with Crippen LogP contribution in [-0.4, -0.2) is 65.3 Å². The molecular weight excluding hydrogens is 473 g/mol. The fourth-order valence-electron chi connectivity index (χ4n) is 5.54. The lowest BCUT2D eigenvalue weighted by molar-refractivity contribution is -0.137. The summed E-state index contributed by atoms with van der Waals surface area (Å²) in [5, 5.41) is 2.16. The number of amides is 2. The molecule has 1 saturated heterocycles. The zero-order valence-corrected chi connectivity index (χ0v) is 21.6. The Balaban J connectivity index is 1.32. The van der Waals surface area contributed by atoms with E-state index in [0.717, 1.165) is 13.0 Å². The van der Waals surface area contributed by atoms with Gasteiger partial charge in [0.1, 0.15) is 5.82 Å². The first-order chi connectivity index (χ1) is 17.4. The molecule has 5 nitrogen and oxygen atoms in total. The molecule has 2 aliphatic heterocycles. The number of thiophene rings is 1. The molecule has 2 aliphatic rings. The van der Waals surface area contributed by atoms with Crippen LogP contribution >= 0.6 is 11.3 Å². The molecule has 0 saturated carbocycles. The van der Waals surface area contributed by atoms with E-state index >= 15 is 0 Å². The van der Waals surface area contributed by atoms with Crippen molar-refractivity contribution in [2.45, 2.75) is 38.8 Å². The largest absolute Gasteiger partial charge is 0.340 e. The molecule has 0 unspecified atom stereocenters. The van der Waals surface area contributed by atoms with Gasteiger partial charge in [-0.25, -0.2) is 4.39 Å². The van der Waals surface area contributed by atoms with Crippen molar-refractivity contribution in [2.75, 3.05) is 32.7 Å². The molecule has 7 heteroatoms. The summed E-state index contributed by atoms with van der Waals surface area (Å²) < 4.78 is 13.6. The molecule has 3 heterocycles. The average molecular weight is 506 g/mol. The summed E-state index contributed by atoms with van der Waals surface area (Å²) in [6.45, 7) is 7.09. The van der Waals surface area contributed by atoms with E-state index < -0.39 is 5.82 Å². The van der Waals surface area contributed by atoms with Gasteiger partial charge in [0.15, 0.2) is 0 Å². The van der Waals surface area contributed by atoms with Gasteiger partial charge in [-0.05, 0) is 73.0 Å². The number of nitrogens with zero attached hydrogens (tertiary/aromatic N) is 3. The Morgan fingerprint density at radius 1 is 0.944 bits per heavy atom. The summed E-state index contributed by atoms with van der Waals surface area (Å²) in [5.74, 6) is -0.496. The van der Waals surface area contributed by atoms with Crippen LogP contribution in [-0.2, 0) is 11.2 Å². The molecule has 3 aromatic rings. The number of carbonyl (C=O) groups excluding carboxylic acids is 2. The van der Waals surface area contributed by atoms with Gasteiger partial charge >= 0.3 is 0 Å². The minimum Gasteiger partial charge on any atom is -0.340 e. The van der Waals surface area contributed by atoms with Crippen LogP contribution in [0.3, 0.4) is 0 Å². The maximum absolute atomic E-state index is 13.8. The Labute approximate surface area is 216 Å². The highest BCUT2D eigenvalue weighted by atomic mass is 32.1. The summed E-state index contributed by atoms with van der Waals surface area (Å²) in [6, 6.07) is 16.2. The fourth-order valence-corrected chi connectivity index (χ4v) is 6.45. The van der Waals surface area contributed by atoms with Crippen molar-refractivity contribution in [2.24, 2.45) is 0 Å². The predicted molar refractivity (Wildman–Crippen MR) is 141 cm³/mol. The zero-order valence-electron chi connectivity index (χ0n) is 20.8. The zero-order chi connectivity index (χ0) is 25.2. The van der Waals surface area contributed by atoms with Crippen LogP contribution in [0.5, 0.6) is 0 Å². The Hall–Kier alpha value is -3.03. The maximum atomic E-state index is 13.8. The topological polar surface area (TPSA) is 43.9 Å². The van der Waals surface area contributed by atoms with E-state index in [2.05, 4.69) is 47.5 Å². The van der Waals surface area contributed by atoms with E-state index in [-0.39, 0.29) is 23.9 Å². The standard InChI is InChI=1S/C29H32FN3O2S/c1-20-7-3-4-10-24(20)27-25-12-18-36-26(25)11-15-33(27)21(2)28(34)31-13-6-14-32(17-16-31)29(35)22-8-5-9-23(30)19-22/h3-5,7-10,12,18-19,21,27H,6,11,13-17H2,1-2H3/t21-,27-/m1/s1. The Morgan fingerprint density at radius 2 is 1.72 bits per heavy atom. The second-order valence-electron chi connectivity index (χ2n) is 9.70. The predicted octanol–water partition coefficient (Wildman–Crippen LogP) is 4.91. The van der Waals surface area contributed by atoms with Crippen LogP contribution < -0.4 is 0 Å². The monoisotopic (exact) mass is 505 g/mol. The van der Waals surface area contributed by atoms with Crippen molar-refractivity contribution in [1.82, 2.24) is 14.7 Å². The van der Waals surface area contributed by atoms with Gasteiger partial charge in [0.2, 0.25) is 5.91 Å². The number of benzene rings is 2. The number of aryl methyl sites for hydroxylation is 1. The normalized spacial score (nSPS) is 19.5. The van der Waals surface area contributed by atoms with Crippen molar-refractivity contribution in [3.05, 3.63) is 92.9 Å². The van der Waals surface area contributed by atoms with Crippen molar-refractivity contribution in [1.29, 1.82) is 0 Å². The Kier molecular flexibility index (Phi) is 7.21. The molecule has 5 rings (SSSR count). The van der Waals surface area contributed by atoms with E-state index in [0.29, 0.717) is 38.2 Å². The molecule has 1 aromatic heterocycles. The molecule has 2 aromatic carbocycles. The van der Waals surface area contributed by atoms with E-state index in [4.69, 9.17) is 0 Å². The van der Waals surface area contributed by atoms with Crippen LogP contribution in [0.1, 0.15) is 51.3 Å². The first-order valence-corrected chi connectivity index (χ1v) is 13.5. The Morgan fingerprint density at radius 3 is 2.53 bits per heavy atom. The van der Waals surface area contributed by atoms with E-state index in [1.807, 2.05) is 11.8 Å². The van der Waals surface area contributed by atoms with Gasteiger partial charge in [-0.1, -0.05) is 30.3 Å². The molecule has 0 bridgehead atoms. The lowest BCUT2D eigenvalue weighted by Crippen LogP contribution is -2.51. The van der Waals surface area contributed by atoms with Crippen LogP contribution in [0.2, 0.25) is 0 Å². The van der Waals surface area contributed by atoms with E-state index in [1.54, 1.807) is 28.4 Å². The molecule has 2 amide bonds. The maximum Gasteiger partial charge on any atom is 0.254 e. The molecule has 0 radical (unpaired) electrons. The van der Waals surface area contributed by atoms with Gasteiger partial charge in [0.25, 0.3) is 5.91 Å². The van der Waals surface area contributed by atoms with Gasteiger partial charge < -0.3 is 9.80 Å². The minimum atomic E-state index is -0.417. The number of hydrogen-bond acceptors (Lipinski definition) is 4. The van der Waals surface area contributed by atoms with Gasteiger partial charge in [-0.15, -0.1) is 11.3 Å². The van der Waals surface area contributed by atoms with E-state index in [1.165, 1.54) is 33.7 Å². The highest BCUT2D eigenvalue weighted by Gasteiger charge is 2.37. The van der Waals surface area contributed by atoms with E-state index in [9.17, 15) is 14.0 Å². The number of carbonyl (C=O) groups is 2. The third kappa shape index (κ3) is 4.82. The number of fused-ring (bicyclic) bond motifs is 1. The van der Waals surface area contributed by atoms with Gasteiger partial charge in [-0.2, -0.15) is 0 Å². The third-order valence-electron chi connectivity index (χ3n) is 7.51. The smallest absolute Gasteiger partial charge is 0.254 e. The SMILES string of the molecule is Cc1ccccc1[C@@H]1c2ccsc2CCN1[C@H](C)C(=O)N1CCCN(C(=O)c2cccc(F)c2)CC1. The molecule has 0 spiro atoms. The van der Waals surface area contributed by atoms with Gasteiger partial charge in [0.05, 0.1) is 12.1 Å². The van der Waals surface area contributed by atoms with Crippen molar-refractivity contribution >= 4 is 23.2 Å². The van der Waals surface area contributed by atoms with Crippen molar-refractivity contribution < 1.29 is 14.0 Å². The number of hydrogen-bond donors (Lipinski definition) is 0. The quantitative estimate of drug-likeness (QED) is 0.506. The Bertz CT molecular complexity index is 1260. The molecule has 188 valence electrons. The van der Waals surface area contributed by atoms with Crippen LogP contribution in [0, 0.1) is 12.7 Å². The molecule has 2 atom stereocenters. The molecule has 1 fully saturated rings. The van der Waals surface area contributed by atoms with Crippen LogP contribution in [0.4, 0.5) is 4.39 Å². The number of halogens is 1.